The van der Waals surface area contributed by atoms with E-state index in [-0.39, 0.29) is 5.91 Å². The maximum atomic E-state index is 12.5. The smallest absolute Gasteiger partial charge is 0.259 e. The van der Waals surface area contributed by atoms with Crippen molar-refractivity contribution in [3.63, 3.8) is 0 Å². The Kier molecular flexibility index (Phi) is 3.18. The Hall–Kier alpha value is -2.97. The molecule has 4 heterocycles. The van der Waals surface area contributed by atoms with Gasteiger partial charge in [-0.15, -0.1) is 0 Å². The third kappa shape index (κ3) is 2.50. The van der Waals surface area contributed by atoms with Gasteiger partial charge in [0.25, 0.3) is 5.91 Å². The standard InChI is InChI=1S/C14H15N7O2/c1-10-12(4-17-23-10)14(22)20-3-2-19-5-11(18-13(19)7-20)6-21-9-15-8-16-21/h4-5,8-9H,2-3,6-7H2,1H3. The molecule has 1 amide bonds. The van der Waals surface area contributed by atoms with Gasteiger partial charge in [-0.2, -0.15) is 5.10 Å². The molecule has 4 rings (SSSR count). The highest BCUT2D eigenvalue weighted by molar-refractivity contribution is 5.94. The molecule has 0 saturated heterocycles. The van der Waals surface area contributed by atoms with E-state index in [1.165, 1.54) is 12.5 Å². The predicted octanol–water partition coefficient (Wildman–Crippen LogP) is 0.475. The molecule has 0 radical (unpaired) electrons. The van der Waals surface area contributed by atoms with E-state index >= 15 is 0 Å². The van der Waals surface area contributed by atoms with E-state index in [4.69, 9.17) is 4.52 Å². The second-order valence-electron chi connectivity index (χ2n) is 5.46. The lowest BCUT2D eigenvalue weighted by Gasteiger charge is -2.27. The van der Waals surface area contributed by atoms with E-state index < -0.39 is 0 Å². The average molecular weight is 313 g/mol. The van der Waals surface area contributed by atoms with E-state index in [1.54, 1.807) is 22.8 Å². The summed E-state index contributed by atoms with van der Waals surface area (Å²) < 4.78 is 8.77. The average Bonchev–Trinajstić information content (AvgIpc) is 3.26. The molecule has 0 saturated carbocycles. The Morgan fingerprint density at radius 3 is 3.04 bits per heavy atom. The van der Waals surface area contributed by atoms with Crippen molar-refractivity contribution in [2.45, 2.75) is 26.6 Å². The minimum Gasteiger partial charge on any atom is -0.361 e. The fourth-order valence-electron chi connectivity index (χ4n) is 2.72. The zero-order valence-corrected chi connectivity index (χ0v) is 12.6. The van der Waals surface area contributed by atoms with Crippen molar-refractivity contribution in [1.82, 2.24) is 34.4 Å². The maximum absolute atomic E-state index is 12.5. The molecule has 118 valence electrons. The second-order valence-corrected chi connectivity index (χ2v) is 5.46. The monoisotopic (exact) mass is 313 g/mol. The number of carbonyl (C=O) groups excluding carboxylic acids is 1. The third-order valence-corrected chi connectivity index (χ3v) is 3.91. The molecule has 1 aliphatic rings. The van der Waals surface area contributed by atoms with Gasteiger partial charge in [-0.05, 0) is 6.92 Å². The molecule has 3 aromatic rings. The van der Waals surface area contributed by atoms with E-state index in [1.807, 2.05) is 6.20 Å². The van der Waals surface area contributed by atoms with Gasteiger partial charge in [0, 0.05) is 19.3 Å². The quantitative estimate of drug-likeness (QED) is 0.698. The largest absolute Gasteiger partial charge is 0.361 e. The number of rotatable bonds is 3. The molecule has 0 bridgehead atoms. The van der Waals surface area contributed by atoms with Crippen LogP contribution in [0, 0.1) is 6.92 Å². The van der Waals surface area contributed by atoms with Crippen LogP contribution in [0.4, 0.5) is 0 Å². The van der Waals surface area contributed by atoms with Crippen molar-refractivity contribution in [3.8, 4) is 0 Å². The molecule has 0 atom stereocenters. The van der Waals surface area contributed by atoms with E-state index in [0.717, 1.165) is 18.1 Å². The number of nitrogens with zero attached hydrogens (tertiary/aromatic N) is 7. The first-order valence-corrected chi connectivity index (χ1v) is 7.28. The first kappa shape index (κ1) is 13.7. The van der Waals surface area contributed by atoms with Crippen LogP contribution in [0.2, 0.25) is 0 Å². The Balaban J connectivity index is 1.52. The van der Waals surface area contributed by atoms with Crippen molar-refractivity contribution in [3.05, 3.63) is 47.9 Å². The van der Waals surface area contributed by atoms with Gasteiger partial charge in [-0.1, -0.05) is 5.16 Å². The highest BCUT2D eigenvalue weighted by Gasteiger charge is 2.25. The van der Waals surface area contributed by atoms with Crippen LogP contribution in [0.3, 0.4) is 0 Å². The molecule has 1 aliphatic heterocycles. The van der Waals surface area contributed by atoms with Gasteiger partial charge in [0.2, 0.25) is 0 Å². The van der Waals surface area contributed by atoms with Crippen LogP contribution in [0.1, 0.15) is 27.6 Å². The number of amides is 1. The lowest BCUT2D eigenvalue weighted by Crippen LogP contribution is -2.38. The van der Waals surface area contributed by atoms with Crippen LogP contribution >= 0.6 is 0 Å². The van der Waals surface area contributed by atoms with E-state index in [2.05, 4.69) is 24.8 Å². The van der Waals surface area contributed by atoms with Crippen molar-refractivity contribution in [2.75, 3.05) is 6.54 Å². The summed E-state index contributed by atoms with van der Waals surface area (Å²) in [5, 5.41) is 7.75. The summed E-state index contributed by atoms with van der Waals surface area (Å²) in [6, 6.07) is 0. The van der Waals surface area contributed by atoms with Gasteiger partial charge in [0.15, 0.2) is 0 Å². The Morgan fingerprint density at radius 2 is 2.30 bits per heavy atom. The summed E-state index contributed by atoms with van der Waals surface area (Å²) in [4.78, 5) is 22.8. The second kappa shape index (κ2) is 5.34. The van der Waals surface area contributed by atoms with E-state index in [0.29, 0.717) is 31.0 Å². The number of hydrogen-bond donors (Lipinski definition) is 0. The minimum absolute atomic E-state index is 0.0733. The number of fused-ring (bicyclic) bond motifs is 1. The zero-order valence-electron chi connectivity index (χ0n) is 12.6. The lowest BCUT2D eigenvalue weighted by molar-refractivity contribution is 0.0705. The SMILES string of the molecule is Cc1oncc1C(=O)N1CCn2cc(Cn3cncn3)nc2C1. The zero-order chi connectivity index (χ0) is 15.8. The van der Waals surface area contributed by atoms with Crippen molar-refractivity contribution < 1.29 is 9.32 Å². The summed E-state index contributed by atoms with van der Waals surface area (Å²) in [7, 11) is 0. The van der Waals surface area contributed by atoms with Crippen LogP contribution in [0.5, 0.6) is 0 Å². The molecule has 3 aromatic heterocycles. The normalized spacial score (nSPS) is 14.0. The Bertz CT molecular complexity index is 833. The molecular weight excluding hydrogens is 298 g/mol. The van der Waals surface area contributed by atoms with Crippen molar-refractivity contribution in [1.29, 1.82) is 0 Å². The first-order valence-electron chi connectivity index (χ1n) is 7.28. The lowest BCUT2D eigenvalue weighted by atomic mass is 10.2. The number of aryl methyl sites for hydroxylation is 1. The molecule has 0 unspecified atom stereocenters. The molecule has 23 heavy (non-hydrogen) atoms. The van der Waals surface area contributed by atoms with Crippen LogP contribution < -0.4 is 0 Å². The Morgan fingerprint density at radius 1 is 1.39 bits per heavy atom. The maximum Gasteiger partial charge on any atom is 0.259 e. The molecule has 0 spiro atoms. The molecule has 0 N–H and O–H groups in total. The van der Waals surface area contributed by atoms with Gasteiger partial charge in [-0.25, -0.2) is 14.6 Å². The summed E-state index contributed by atoms with van der Waals surface area (Å²) in [6.07, 6.45) is 6.62. The van der Waals surface area contributed by atoms with Crippen molar-refractivity contribution >= 4 is 5.91 Å². The summed E-state index contributed by atoms with van der Waals surface area (Å²) in [5.41, 5.74) is 1.41. The molecular formula is C14H15N7O2. The van der Waals surface area contributed by atoms with Crippen LogP contribution in [0.25, 0.3) is 0 Å². The predicted molar refractivity (Wildman–Crippen MR) is 77.3 cm³/mol. The first-order chi connectivity index (χ1) is 11.2. The molecule has 9 nitrogen and oxygen atoms in total. The van der Waals surface area contributed by atoms with Crippen LogP contribution in [-0.4, -0.2) is 46.8 Å². The fraction of sp³-hybridized carbons (Fsp3) is 0.357. The van der Waals surface area contributed by atoms with Gasteiger partial charge in [0.05, 0.1) is 25.0 Å². The number of aromatic nitrogens is 6. The third-order valence-electron chi connectivity index (χ3n) is 3.91. The van der Waals surface area contributed by atoms with Gasteiger partial charge >= 0.3 is 0 Å². The van der Waals surface area contributed by atoms with E-state index in [9.17, 15) is 4.79 Å². The van der Waals surface area contributed by atoms with Crippen LogP contribution in [0.15, 0.2) is 29.6 Å². The number of imidazole rings is 1. The van der Waals surface area contributed by atoms with Gasteiger partial charge < -0.3 is 14.0 Å². The molecule has 0 aliphatic carbocycles. The minimum atomic E-state index is -0.0733. The highest BCUT2D eigenvalue weighted by Crippen LogP contribution is 2.17. The van der Waals surface area contributed by atoms with Gasteiger partial charge in [-0.3, -0.25) is 4.79 Å². The summed E-state index contributed by atoms with van der Waals surface area (Å²) in [5.74, 6) is 1.33. The highest BCUT2D eigenvalue weighted by atomic mass is 16.5. The van der Waals surface area contributed by atoms with Crippen LogP contribution in [-0.2, 0) is 19.6 Å². The molecule has 0 aromatic carbocycles. The topological polar surface area (TPSA) is 94.9 Å². The summed E-state index contributed by atoms with van der Waals surface area (Å²) >= 11 is 0. The van der Waals surface area contributed by atoms with Gasteiger partial charge in [0.1, 0.15) is 29.8 Å². The number of hydrogen-bond acceptors (Lipinski definition) is 6. The van der Waals surface area contributed by atoms with Crippen molar-refractivity contribution in [2.24, 2.45) is 0 Å². The Labute approximate surface area is 131 Å². The molecule has 9 heteroatoms. The number of carbonyl (C=O) groups is 1. The summed E-state index contributed by atoms with van der Waals surface area (Å²) in [6.45, 7) is 4.13. The molecule has 0 fully saturated rings. The fourth-order valence-corrected chi connectivity index (χ4v) is 2.72.